The van der Waals surface area contributed by atoms with Crippen LogP contribution in [0.3, 0.4) is 0 Å². The molecule has 2 aliphatic rings. The van der Waals surface area contributed by atoms with Crippen molar-refractivity contribution in [3.05, 3.63) is 48.4 Å². The van der Waals surface area contributed by atoms with Crippen LogP contribution in [0.4, 0.5) is 11.4 Å². The van der Waals surface area contributed by atoms with Gasteiger partial charge in [0, 0.05) is 32.3 Å². The van der Waals surface area contributed by atoms with Gasteiger partial charge in [0.2, 0.25) is 15.9 Å². The maximum atomic E-state index is 13.1. The fraction of sp³-hybridized carbons (Fsp3) is 0.381. The molecule has 2 aliphatic heterocycles. The van der Waals surface area contributed by atoms with Crippen LogP contribution in [0.2, 0.25) is 0 Å². The summed E-state index contributed by atoms with van der Waals surface area (Å²) >= 11 is 0. The summed E-state index contributed by atoms with van der Waals surface area (Å²) in [7, 11) is -3.69. The van der Waals surface area contributed by atoms with Crippen LogP contribution >= 0.6 is 0 Å². The first kappa shape index (κ1) is 21.6. The van der Waals surface area contributed by atoms with E-state index in [1.54, 1.807) is 30.3 Å². The molecule has 31 heavy (non-hydrogen) atoms. The monoisotopic (exact) mass is 447 g/mol. The summed E-state index contributed by atoms with van der Waals surface area (Å²) in [6.07, 6.45) is 4.43. The molecule has 2 fully saturated rings. The van der Waals surface area contributed by atoms with E-state index in [1.165, 1.54) is 22.7 Å². The number of ether oxygens (including phenoxy) is 2. The standard InChI is InChI=1S/C21H25N3O6S/c25-21(6-3-17-2-1-11-30-17)22-19-16-18(31(26,27)24-9-14-29-15-10-24)4-5-20(19)23-7-12-28-13-8-23/h1-6,11,16H,7-10,12-15H2,(H,22,25)/b6-3+. The molecule has 0 aliphatic carbocycles. The Labute approximate surface area is 181 Å². The van der Waals surface area contributed by atoms with Crippen LogP contribution in [-0.4, -0.2) is 71.2 Å². The number of carbonyl (C=O) groups is 1. The number of nitrogens with one attached hydrogen (secondary N) is 1. The summed E-state index contributed by atoms with van der Waals surface area (Å²) in [5.41, 5.74) is 1.19. The highest BCUT2D eigenvalue weighted by Crippen LogP contribution is 2.31. The highest BCUT2D eigenvalue weighted by atomic mass is 32.2. The van der Waals surface area contributed by atoms with Gasteiger partial charge in [-0.1, -0.05) is 0 Å². The molecule has 0 bridgehead atoms. The van der Waals surface area contributed by atoms with E-state index in [4.69, 9.17) is 13.9 Å². The third-order valence-electron chi connectivity index (χ3n) is 5.13. The number of hydrogen-bond acceptors (Lipinski definition) is 7. The van der Waals surface area contributed by atoms with E-state index >= 15 is 0 Å². The molecular weight excluding hydrogens is 422 g/mol. The van der Waals surface area contributed by atoms with E-state index in [0.29, 0.717) is 64.1 Å². The molecule has 166 valence electrons. The van der Waals surface area contributed by atoms with Crippen LogP contribution in [-0.2, 0) is 24.3 Å². The van der Waals surface area contributed by atoms with Gasteiger partial charge in [-0.25, -0.2) is 8.42 Å². The second-order valence-corrected chi connectivity index (χ2v) is 9.07. The molecule has 9 nitrogen and oxygen atoms in total. The summed E-state index contributed by atoms with van der Waals surface area (Å²) in [5, 5.41) is 2.83. The Morgan fingerprint density at radius 1 is 1.00 bits per heavy atom. The number of hydrogen-bond donors (Lipinski definition) is 1. The molecule has 3 heterocycles. The summed E-state index contributed by atoms with van der Waals surface area (Å²) in [5.74, 6) is 0.166. The van der Waals surface area contributed by atoms with Gasteiger partial charge in [0.1, 0.15) is 5.76 Å². The number of anilines is 2. The topological polar surface area (TPSA) is 101 Å². The maximum Gasteiger partial charge on any atom is 0.248 e. The van der Waals surface area contributed by atoms with E-state index in [2.05, 4.69) is 10.2 Å². The number of rotatable bonds is 6. The molecule has 0 atom stereocenters. The lowest BCUT2D eigenvalue weighted by Crippen LogP contribution is -2.40. The number of carbonyl (C=O) groups excluding carboxylic acids is 1. The Morgan fingerprint density at radius 3 is 2.39 bits per heavy atom. The summed E-state index contributed by atoms with van der Waals surface area (Å²) in [4.78, 5) is 14.8. The van der Waals surface area contributed by atoms with Crippen molar-refractivity contribution in [2.75, 3.05) is 62.8 Å². The maximum absolute atomic E-state index is 13.1. The average Bonchev–Trinajstić information content (AvgIpc) is 3.33. The molecule has 1 amide bonds. The molecule has 1 N–H and O–H groups in total. The zero-order valence-corrected chi connectivity index (χ0v) is 17.8. The van der Waals surface area contributed by atoms with Crippen LogP contribution in [0.1, 0.15) is 5.76 Å². The van der Waals surface area contributed by atoms with E-state index in [0.717, 1.165) is 5.69 Å². The zero-order chi connectivity index (χ0) is 21.7. The van der Waals surface area contributed by atoms with Crippen molar-refractivity contribution in [3.63, 3.8) is 0 Å². The number of morpholine rings is 2. The third-order valence-corrected chi connectivity index (χ3v) is 7.02. The van der Waals surface area contributed by atoms with Crippen molar-refractivity contribution in [1.29, 1.82) is 0 Å². The van der Waals surface area contributed by atoms with E-state index < -0.39 is 10.0 Å². The van der Waals surface area contributed by atoms with Crippen LogP contribution in [0.25, 0.3) is 6.08 Å². The van der Waals surface area contributed by atoms with Gasteiger partial charge in [0.15, 0.2) is 0 Å². The van der Waals surface area contributed by atoms with Gasteiger partial charge in [0.05, 0.1) is 49.0 Å². The van der Waals surface area contributed by atoms with Gasteiger partial charge >= 0.3 is 0 Å². The smallest absolute Gasteiger partial charge is 0.248 e. The molecule has 0 radical (unpaired) electrons. The minimum Gasteiger partial charge on any atom is -0.465 e. The quantitative estimate of drug-likeness (QED) is 0.674. The van der Waals surface area contributed by atoms with Crippen molar-refractivity contribution in [2.45, 2.75) is 4.90 Å². The SMILES string of the molecule is O=C(/C=C/c1ccco1)Nc1cc(S(=O)(=O)N2CCOCC2)ccc1N1CCOCC1. The van der Waals surface area contributed by atoms with Crippen LogP contribution in [0.5, 0.6) is 0 Å². The van der Waals surface area contributed by atoms with Crippen molar-refractivity contribution >= 4 is 33.4 Å². The molecule has 1 aromatic heterocycles. The Balaban J connectivity index is 1.62. The fourth-order valence-corrected chi connectivity index (χ4v) is 4.94. The Bertz CT molecular complexity index is 1020. The Hall–Kier alpha value is -2.66. The molecular formula is C21H25N3O6S. The van der Waals surface area contributed by atoms with E-state index in [1.807, 2.05) is 0 Å². The van der Waals surface area contributed by atoms with Crippen LogP contribution in [0, 0.1) is 0 Å². The molecule has 0 unspecified atom stereocenters. The van der Waals surface area contributed by atoms with Gasteiger partial charge in [-0.05, 0) is 36.4 Å². The van der Waals surface area contributed by atoms with Crippen molar-refractivity contribution in [2.24, 2.45) is 0 Å². The summed E-state index contributed by atoms with van der Waals surface area (Å²) in [6.45, 7) is 3.79. The van der Waals surface area contributed by atoms with Gasteiger partial charge in [-0.3, -0.25) is 4.79 Å². The lowest BCUT2D eigenvalue weighted by atomic mass is 10.2. The lowest BCUT2D eigenvalue weighted by molar-refractivity contribution is -0.111. The average molecular weight is 448 g/mol. The molecule has 0 saturated carbocycles. The minimum atomic E-state index is -3.69. The molecule has 2 saturated heterocycles. The van der Waals surface area contributed by atoms with Gasteiger partial charge in [-0.2, -0.15) is 4.31 Å². The molecule has 10 heteroatoms. The largest absolute Gasteiger partial charge is 0.465 e. The second-order valence-electron chi connectivity index (χ2n) is 7.13. The van der Waals surface area contributed by atoms with E-state index in [-0.39, 0.29) is 10.8 Å². The Morgan fingerprint density at radius 2 is 1.71 bits per heavy atom. The Kier molecular flexibility index (Phi) is 6.71. The first-order valence-corrected chi connectivity index (χ1v) is 11.6. The number of benzene rings is 1. The zero-order valence-electron chi connectivity index (χ0n) is 17.0. The van der Waals surface area contributed by atoms with Crippen molar-refractivity contribution in [3.8, 4) is 0 Å². The van der Waals surface area contributed by atoms with Gasteiger partial charge < -0.3 is 24.1 Å². The predicted octanol–water partition coefficient (Wildman–Crippen LogP) is 1.79. The third kappa shape index (κ3) is 5.16. The first-order chi connectivity index (χ1) is 15.0. The molecule has 1 aromatic carbocycles. The molecule has 2 aromatic rings. The molecule has 0 spiro atoms. The van der Waals surface area contributed by atoms with Gasteiger partial charge in [-0.15, -0.1) is 0 Å². The van der Waals surface area contributed by atoms with Crippen LogP contribution in [0.15, 0.2) is 52.0 Å². The van der Waals surface area contributed by atoms with Crippen molar-refractivity contribution < 1.29 is 27.1 Å². The van der Waals surface area contributed by atoms with E-state index in [9.17, 15) is 13.2 Å². The summed E-state index contributed by atoms with van der Waals surface area (Å²) in [6, 6.07) is 8.31. The fourth-order valence-electron chi connectivity index (χ4n) is 3.51. The minimum absolute atomic E-state index is 0.136. The predicted molar refractivity (Wildman–Crippen MR) is 115 cm³/mol. The normalized spacial score (nSPS) is 18.4. The number of furan rings is 1. The van der Waals surface area contributed by atoms with Gasteiger partial charge in [0.25, 0.3) is 0 Å². The second kappa shape index (κ2) is 9.65. The van der Waals surface area contributed by atoms with Crippen LogP contribution < -0.4 is 10.2 Å². The number of nitrogens with zero attached hydrogens (tertiary/aromatic N) is 2. The van der Waals surface area contributed by atoms with Crippen molar-refractivity contribution in [1.82, 2.24) is 4.31 Å². The number of amides is 1. The number of sulfonamides is 1. The summed E-state index contributed by atoms with van der Waals surface area (Å²) < 4.78 is 43.5. The lowest BCUT2D eigenvalue weighted by Gasteiger charge is -2.31. The highest BCUT2D eigenvalue weighted by Gasteiger charge is 2.28. The highest BCUT2D eigenvalue weighted by molar-refractivity contribution is 7.89. The molecule has 4 rings (SSSR count). The first-order valence-electron chi connectivity index (χ1n) is 10.1.